The predicted octanol–water partition coefficient (Wildman–Crippen LogP) is 3.82. The number of carbonyl (C=O) groups excluding carboxylic acids is 2. The van der Waals surface area contributed by atoms with Gasteiger partial charge in [-0.1, -0.05) is 30.0 Å². The molecular formula is C21H20N4O3S. The van der Waals surface area contributed by atoms with Gasteiger partial charge in [0.15, 0.2) is 0 Å². The topological polar surface area (TPSA) is 88.3 Å². The zero-order chi connectivity index (χ0) is 20.5. The zero-order valence-corrected chi connectivity index (χ0v) is 17.1. The number of anilines is 2. The molecule has 0 fully saturated rings. The van der Waals surface area contributed by atoms with E-state index in [1.165, 1.54) is 22.2 Å². The van der Waals surface area contributed by atoms with Gasteiger partial charge in [-0.15, -0.1) is 10.2 Å². The van der Waals surface area contributed by atoms with Crippen LogP contribution in [0.5, 0.6) is 0 Å². The van der Waals surface area contributed by atoms with Crippen molar-refractivity contribution in [1.82, 2.24) is 10.2 Å². The number of hydrogen-bond acceptors (Lipinski definition) is 6. The molecule has 0 saturated heterocycles. The highest BCUT2D eigenvalue weighted by molar-refractivity contribution is 8.00. The smallest absolute Gasteiger partial charge is 0.277 e. The largest absolute Gasteiger partial charge is 0.411 e. The molecular weight excluding hydrogens is 388 g/mol. The van der Waals surface area contributed by atoms with Crippen molar-refractivity contribution in [3.8, 4) is 11.5 Å². The average molecular weight is 408 g/mol. The number of carbonyl (C=O) groups is 2. The van der Waals surface area contributed by atoms with Crippen molar-refractivity contribution in [2.24, 2.45) is 0 Å². The number of aryl methyl sites for hydroxylation is 2. The van der Waals surface area contributed by atoms with Crippen LogP contribution in [-0.2, 0) is 9.59 Å². The van der Waals surface area contributed by atoms with Gasteiger partial charge in [0.25, 0.3) is 5.22 Å². The summed E-state index contributed by atoms with van der Waals surface area (Å²) in [5.74, 6) is 0.00485. The molecule has 4 rings (SSSR count). The molecule has 0 bridgehead atoms. The first-order valence-corrected chi connectivity index (χ1v) is 10.1. The van der Waals surface area contributed by atoms with Crippen molar-refractivity contribution in [1.29, 1.82) is 0 Å². The van der Waals surface area contributed by atoms with Crippen molar-refractivity contribution in [3.05, 3.63) is 53.6 Å². The molecule has 0 unspecified atom stereocenters. The number of benzene rings is 2. The molecule has 0 aliphatic carbocycles. The van der Waals surface area contributed by atoms with E-state index >= 15 is 0 Å². The Kier molecular flexibility index (Phi) is 5.10. The third-order valence-electron chi connectivity index (χ3n) is 4.82. The summed E-state index contributed by atoms with van der Waals surface area (Å²) in [6, 6.07) is 13.2. The number of para-hydroxylation sites is 2. The van der Waals surface area contributed by atoms with Gasteiger partial charge in [-0.25, -0.2) is 0 Å². The zero-order valence-electron chi connectivity index (χ0n) is 16.3. The molecule has 148 valence electrons. The van der Waals surface area contributed by atoms with Crippen LogP contribution >= 0.6 is 11.8 Å². The summed E-state index contributed by atoms with van der Waals surface area (Å²) >= 11 is 1.18. The lowest BCUT2D eigenvalue weighted by molar-refractivity contribution is -0.121. The van der Waals surface area contributed by atoms with Crippen LogP contribution in [0.25, 0.3) is 11.5 Å². The lowest BCUT2D eigenvalue weighted by Crippen LogP contribution is -2.45. The summed E-state index contributed by atoms with van der Waals surface area (Å²) < 4.78 is 5.75. The highest BCUT2D eigenvalue weighted by atomic mass is 32.2. The van der Waals surface area contributed by atoms with Crippen molar-refractivity contribution in [3.63, 3.8) is 0 Å². The lowest BCUT2D eigenvalue weighted by Gasteiger charge is -2.30. The van der Waals surface area contributed by atoms with E-state index in [0.717, 1.165) is 11.1 Å². The Hall–Kier alpha value is -3.13. The minimum atomic E-state index is -0.498. The van der Waals surface area contributed by atoms with Gasteiger partial charge in [0.05, 0.1) is 16.6 Å². The lowest BCUT2D eigenvalue weighted by atomic mass is 10.1. The molecule has 29 heavy (non-hydrogen) atoms. The van der Waals surface area contributed by atoms with Gasteiger partial charge in [0.1, 0.15) is 6.54 Å². The summed E-state index contributed by atoms with van der Waals surface area (Å²) in [4.78, 5) is 26.5. The molecule has 1 aliphatic rings. The summed E-state index contributed by atoms with van der Waals surface area (Å²) in [7, 11) is 0. The molecule has 3 aromatic rings. The number of thioether (sulfide) groups is 1. The molecule has 0 radical (unpaired) electrons. The van der Waals surface area contributed by atoms with Gasteiger partial charge >= 0.3 is 0 Å². The van der Waals surface area contributed by atoms with Crippen molar-refractivity contribution >= 4 is 35.0 Å². The minimum absolute atomic E-state index is 0.0154. The molecule has 7 nitrogen and oxygen atoms in total. The average Bonchev–Trinajstić information content (AvgIpc) is 3.17. The second-order valence-electron chi connectivity index (χ2n) is 6.92. The number of nitrogens with one attached hydrogen (secondary N) is 1. The third kappa shape index (κ3) is 3.88. The maximum absolute atomic E-state index is 13.0. The Labute approximate surface area is 172 Å². The fourth-order valence-electron chi connectivity index (χ4n) is 3.10. The number of fused-ring (bicyclic) bond motifs is 1. The molecule has 8 heteroatoms. The number of amides is 2. The van der Waals surface area contributed by atoms with Crippen LogP contribution in [0.4, 0.5) is 11.4 Å². The van der Waals surface area contributed by atoms with E-state index in [4.69, 9.17) is 4.42 Å². The SMILES string of the molecule is Cc1ccc(-c2nnc(S[C@H](C)C(=O)N3CC(=O)Nc4ccccc43)o2)cc1C. The highest BCUT2D eigenvalue weighted by Crippen LogP contribution is 2.32. The fraction of sp³-hybridized carbons (Fsp3) is 0.238. The second-order valence-corrected chi connectivity index (χ2v) is 8.21. The molecule has 2 amide bonds. The van der Waals surface area contributed by atoms with E-state index in [9.17, 15) is 9.59 Å². The van der Waals surface area contributed by atoms with Gasteiger partial charge in [-0.3, -0.25) is 14.5 Å². The van der Waals surface area contributed by atoms with E-state index in [0.29, 0.717) is 22.5 Å². The molecule has 2 aromatic carbocycles. The molecule has 0 spiro atoms. The van der Waals surface area contributed by atoms with Crippen LogP contribution in [0.2, 0.25) is 0 Å². The van der Waals surface area contributed by atoms with Crippen LogP contribution in [0.15, 0.2) is 52.1 Å². The van der Waals surface area contributed by atoms with Crippen LogP contribution < -0.4 is 10.2 Å². The number of nitrogens with zero attached hydrogens (tertiary/aromatic N) is 3. The van der Waals surface area contributed by atoms with Crippen molar-refractivity contribution in [2.75, 3.05) is 16.8 Å². The van der Waals surface area contributed by atoms with Crippen molar-refractivity contribution in [2.45, 2.75) is 31.2 Å². The van der Waals surface area contributed by atoms with Gasteiger partial charge in [-0.05, 0) is 56.2 Å². The Morgan fingerprint density at radius 1 is 1.17 bits per heavy atom. The van der Waals surface area contributed by atoms with Crippen LogP contribution in [0.3, 0.4) is 0 Å². The summed E-state index contributed by atoms with van der Waals surface area (Å²) in [6.45, 7) is 5.82. The van der Waals surface area contributed by atoms with Gasteiger partial charge < -0.3 is 9.73 Å². The van der Waals surface area contributed by atoms with Gasteiger partial charge in [0.2, 0.25) is 17.7 Å². The van der Waals surface area contributed by atoms with E-state index in [2.05, 4.69) is 15.5 Å². The van der Waals surface area contributed by atoms with E-state index in [1.807, 2.05) is 50.2 Å². The van der Waals surface area contributed by atoms with E-state index in [-0.39, 0.29) is 18.4 Å². The maximum atomic E-state index is 13.0. The standard InChI is InChI=1S/C21H20N4O3S/c1-12-8-9-15(10-13(12)2)19-23-24-21(28-19)29-14(3)20(27)25-11-18(26)22-16-6-4-5-7-17(16)25/h4-10,14H,11H2,1-3H3,(H,22,26)/t14-/m1/s1. The number of aromatic nitrogens is 2. The second kappa shape index (κ2) is 7.71. The Balaban J connectivity index is 1.51. The van der Waals surface area contributed by atoms with E-state index in [1.54, 1.807) is 13.0 Å². The molecule has 1 N–H and O–H groups in total. The first-order chi connectivity index (χ1) is 13.9. The maximum Gasteiger partial charge on any atom is 0.277 e. The Morgan fingerprint density at radius 2 is 1.97 bits per heavy atom. The molecule has 1 atom stereocenters. The van der Waals surface area contributed by atoms with Crippen LogP contribution in [0.1, 0.15) is 18.1 Å². The first-order valence-electron chi connectivity index (χ1n) is 9.20. The molecule has 1 aliphatic heterocycles. The molecule has 0 saturated carbocycles. The quantitative estimate of drug-likeness (QED) is 0.660. The highest BCUT2D eigenvalue weighted by Gasteiger charge is 2.31. The Bertz CT molecular complexity index is 1100. The molecule has 1 aromatic heterocycles. The van der Waals surface area contributed by atoms with Crippen LogP contribution in [-0.4, -0.2) is 33.8 Å². The summed E-state index contributed by atoms with van der Waals surface area (Å²) in [5, 5.41) is 10.8. The summed E-state index contributed by atoms with van der Waals surface area (Å²) in [5.41, 5.74) is 4.48. The van der Waals surface area contributed by atoms with Crippen LogP contribution in [0, 0.1) is 13.8 Å². The Morgan fingerprint density at radius 3 is 2.76 bits per heavy atom. The first kappa shape index (κ1) is 19.2. The normalized spacial score (nSPS) is 14.3. The number of rotatable bonds is 4. The molecule has 2 heterocycles. The fourth-order valence-corrected chi connectivity index (χ4v) is 3.84. The van der Waals surface area contributed by atoms with E-state index < -0.39 is 5.25 Å². The number of hydrogen-bond donors (Lipinski definition) is 1. The monoisotopic (exact) mass is 408 g/mol. The van der Waals surface area contributed by atoms with Gasteiger partial charge in [0, 0.05) is 5.56 Å². The predicted molar refractivity (Wildman–Crippen MR) is 112 cm³/mol. The summed E-state index contributed by atoms with van der Waals surface area (Å²) in [6.07, 6.45) is 0. The third-order valence-corrected chi connectivity index (χ3v) is 5.74. The van der Waals surface area contributed by atoms with Gasteiger partial charge in [-0.2, -0.15) is 0 Å². The van der Waals surface area contributed by atoms with Crippen molar-refractivity contribution < 1.29 is 14.0 Å². The minimum Gasteiger partial charge on any atom is -0.411 e.